The predicted octanol–water partition coefficient (Wildman–Crippen LogP) is 5.23. The second-order valence-corrected chi connectivity index (χ2v) is 7.40. The molecule has 0 fully saturated rings. The van der Waals surface area contributed by atoms with Crippen molar-refractivity contribution in [1.29, 1.82) is 0 Å². The lowest BCUT2D eigenvalue weighted by atomic mass is 9.95. The van der Waals surface area contributed by atoms with Crippen molar-refractivity contribution in [1.82, 2.24) is 5.32 Å². The fraction of sp³-hybridized carbons (Fsp3) is 0.208. The first-order chi connectivity index (χ1) is 13.5. The van der Waals surface area contributed by atoms with Gasteiger partial charge < -0.3 is 10.1 Å². The second kappa shape index (κ2) is 9.05. The SMILES string of the molecule is COC(C)(CNC(=O)Cc1ccc(-c2ccccc2)cc1)c1cccc(Cl)c1. The van der Waals surface area contributed by atoms with E-state index in [9.17, 15) is 4.79 Å². The van der Waals surface area contributed by atoms with Crippen LogP contribution in [0.4, 0.5) is 0 Å². The minimum absolute atomic E-state index is 0.0437. The molecule has 3 aromatic carbocycles. The molecule has 1 atom stereocenters. The van der Waals surface area contributed by atoms with Crippen LogP contribution in [-0.2, 0) is 21.6 Å². The van der Waals surface area contributed by atoms with E-state index < -0.39 is 5.60 Å². The molecule has 1 N–H and O–H groups in total. The lowest BCUT2D eigenvalue weighted by Crippen LogP contribution is -2.40. The number of amides is 1. The third-order valence-corrected chi connectivity index (χ3v) is 5.17. The number of halogens is 1. The van der Waals surface area contributed by atoms with Gasteiger partial charge in [0.1, 0.15) is 5.60 Å². The molecule has 0 bridgehead atoms. The van der Waals surface area contributed by atoms with Gasteiger partial charge in [-0.15, -0.1) is 0 Å². The quantitative estimate of drug-likeness (QED) is 0.597. The molecule has 0 saturated heterocycles. The summed E-state index contributed by atoms with van der Waals surface area (Å²) < 4.78 is 5.67. The van der Waals surface area contributed by atoms with Crippen molar-refractivity contribution < 1.29 is 9.53 Å². The first-order valence-corrected chi connectivity index (χ1v) is 9.60. The summed E-state index contributed by atoms with van der Waals surface area (Å²) in [7, 11) is 1.63. The molecule has 0 aliphatic carbocycles. The van der Waals surface area contributed by atoms with Crippen LogP contribution in [0.2, 0.25) is 5.02 Å². The molecule has 3 rings (SSSR count). The molecule has 0 heterocycles. The van der Waals surface area contributed by atoms with Crippen LogP contribution in [0.5, 0.6) is 0 Å². The molecular formula is C24H24ClNO2. The van der Waals surface area contributed by atoms with E-state index in [1.807, 2.05) is 73.7 Å². The lowest BCUT2D eigenvalue weighted by molar-refractivity contribution is -0.122. The molecule has 0 aliphatic rings. The van der Waals surface area contributed by atoms with E-state index in [0.717, 1.165) is 22.3 Å². The summed E-state index contributed by atoms with van der Waals surface area (Å²) in [5, 5.41) is 3.62. The van der Waals surface area contributed by atoms with Crippen LogP contribution >= 0.6 is 11.6 Å². The monoisotopic (exact) mass is 393 g/mol. The van der Waals surface area contributed by atoms with Gasteiger partial charge in [0.15, 0.2) is 0 Å². The summed E-state index contributed by atoms with van der Waals surface area (Å²) in [6.07, 6.45) is 0.324. The number of ether oxygens (including phenoxy) is 1. The van der Waals surface area contributed by atoms with Gasteiger partial charge in [0.25, 0.3) is 0 Å². The van der Waals surface area contributed by atoms with Gasteiger partial charge in [-0.1, -0.05) is 78.3 Å². The van der Waals surface area contributed by atoms with Gasteiger partial charge in [0, 0.05) is 12.1 Å². The highest BCUT2D eigenvalue weighted by molar-refractivity contribution is 6.30. The zero-order chi connectivity index (χ0) is 20.0. The van der Waals surface area contributed by atoms with Gasteiger partial charge >= 0.3 is 0 Å². The molecule has 0 saturated carbocycles. The summed E-state index contributed by atoms with van der Waals surface area (Å²) in [6.45, 7) is 2.30. The summed E-state index contributed by atoms with van der Waals surface area (Å²) in [5.74, 6) is -0.0437. The Labute approximate surface area is 171 Å². The maximum absolute atomic E-state index is 12.4. The Hall–Kier alpha value is -2.62. The molecule has 0 radical (unpaired) electrons. The van der Waals surface area contributed by atoms with E-state index in [0.29, 0.717) is 18.0 Å². The molecule has 144 valence electrons. The molecular weight excluding hydrogens is 370 g/mol. The van der Waals surface area contributed by atoms with Crippen molar-refractivity contribution in [3.05, 3.63) is 95.0 Å². The molecule has 4 heteroatoms. The summed E-state index contributed by atoms with van der Waals surface area (Å²) in [6, 6.07) is 25.8. The number of hydrogen-bond donors (Lipinski definition) is 1. The topological polar surface area (TPSA) is 38.3 Å². The Morgan fingerprint density at radius 3 is 2.29 bits per heavy atom. The van der Waals surface area contributed by atoms with Gasteiger partial charge in [0.2, 0.25) is 5.91 Å². The fourth-order valence-corrected chi connectivity index (χ4v) is 3.26. The van der Waals surface area contributed by atoms with E-state index in [2.05, 4.69) is 17.4 Å². The average molecular weight is 394 g/mol. The standard InChI is InChI=1S/C24H24ClNO2/c1-24(28-2,21-9-6-10-22(25)16-21)17-26-23(27)15-18-11-13-20(14-12-18)19-7-4-3-5-8-19/h3-14,16H,15,17H2,1-2H3,(H,26,27). The Kier molecular flexibility index (Phi) is 6.50. The third kappa shape index (κ3) is 5.00. The van der Waals surface area contributed by atoms with E-state index >= 15 is 0 Å². The molecule has 0 aromatic heterocycles. The minimum atomic E-state index is -0.641. The Morgan fingerprint density at radius 1 is 0.964 bits per heavy atom. The molecule has 1 unspecified atom stereocenters. The number of rotatable bonds is 7. The number of methoxy groups -OCH3 is 1. The van der Waals surface area contributed by atoms with Gasteiger partial charge in [-0.3, -0.25) is 4.79 Å². The first-order valence-electron chi connectivity index (χ1n) is 9.22. The van der Waals surface area contributed by atoms with Crippen LogP contribution in [0.1, 0.15) is 18.1 Å². The van der Waals surface area contributed by atoms with Gasteiger partial charge in [0.05, 0.1) is 13.0 Å². The second-order valence-electron chi connectivity index (χ2n) is 6.96. The van der Waals surface area contributed by atoms with Gasteiger partial charge in [-0.2, -0.15) is 0 Å². The van der Waals surface area contributed by atoms with Crippen LogP contribution < -0.4 is 5.32 Å². The van der Waals surface area contributed by atoms with Crippen molar-refractivity contribution >= 4 is 17.5 Å². The molecule has 3 aromatic rings. The number of hydrogen-bond acceptors (Lipinski definition) is 2. The summed E-state index contributed by atoms with van der Waals surface area (Å²) >= 11 is 6.09. The smallest absolute Gasteiger partial charge is 0.224 e. The van der Waals surface area contributed by atoms with Gasteiger partial charge in [-0.05, 0) is 41.3 Å². The molecule has 1 amide bonds. The average Bonchev–Trinajstić information content (AvgIpc) is 2.73. The van der Waals surface area contributed by atoms with Gasteiger partial charge in [-0.25, -0.2) is 0 Å². The van der Waals surface area contributed by atoms with E-state index in [-0.39, 0.29) is 5.91 Å². The highest BCUT2D eigenvalue weighted by Crippen LogP contribution is 2.26. The predicted molar refractivity (Wildman–Crippen MR) is 114 cm³/mol. The van der Waals surface area contributed by atoms with Crippen molar-refractivity contribution in [2.75, 3.05) is 13.7 Å². The number of benzene rings is 3. The zero-order valence-corrected chi connectivity index (χ0v) is 16.9. The third-order valence-electron chi connectivity index (χ3n) is 4.93. The minimum Gasteiger partial charge on any atom is -0.372 e. The lowest BCUT2D eigenvalue weighted by Gasteiger charge is -2.29. The van der Waals surface area contributed by atoms with Crippen molar-refractivity contribution in [3.63, 3.8) is 0 Å². The molecule has 0 spiro atoms. The maximum atomic E-state index is 12.4. The van der Waals surface area contributed by atoms with Crippen LogP contribution in [0, 0.1) is 0 Å². The zero-order valence-electron chi connectivity index (χ0n) is 16.1. The Morgan fingerprint density at radius 2 is 1.64 bits per heavy atom. The first kappa shape index (κ1) is 20.1. The highest BCUT2D eigenvalue weighted by Gasteiger charge is 2.27. The molecule has 28 heavy (non-hydrogen) atoms. The maximum Gasteiger partial charge on any atom is 0.224 e. The van der Waals surface area contributed by atoms with E-state index in [1.165, 1.54) is 0 Å². The fourth-order valence-electron chi connectivity index (χ4n) is 3.07. The molecule has 3 nitrogen and oxygen atoms in total. The normalized spacial score (nSPS) is 13.0. The number of carbonyl (C=O) groups is 1. The number of carbonyl (C=O) groups excluding carboxylic acids is 1. The number of nitrogens with one attached hydrogen (secondary N) is 1. The van der Waals surface area contributed by atoms with Crippen molar-refractivity contribution in [2.24, 2.45) is 0 Å². The highest BCUT2D eigenvalue weighted by atomic mass is 35.5. The van der Waals surface area contributed by atoms with Crippen molar-refractivity contribution in [3.8, 4) is 11.1 Å². The Bertz CT molecular complexity index is 925. The van der Waals surface area contributed by atoms with Crippen LogP contribution in [0.15, 0.2) is 78.9 Å². The molecule has 0 aliphatic heterocycles. The van der Waals surface area contributed by atoms with Crippen LogP contribution in [-0.4, -0.2) is 19.6 Å². The van der Waals surface area contributed by atoms with E-state index in [4.69, 9.17) is 16.3 Å². The van der Waals surface area contributed by atoms with Crippen molar-refractivity contribution in [2.45, 2.75) is 18.9 Å². The Balaban J connectivity index is 1.60. The largest absolute Gasteiger partial charge is 0.372 e. The van der Waals surface area contributed by atoms with Crippen LogP contribution in [0.25, 0.3) is 11.1 Å². The summed E-state index contributed by atoms with van der Waals surface area (Å²) in [4.78, 5) is 12.4. The van der Waals surface area contributed by atoms with Crippen LogP contribution in [0.3, 0.4) is 0 Å². The van der Waals surface area contributed by atoms with E-state index in [1.54, 1.807) is 7.11 Å². The summed E-state index contributed by atoms with van der Waals surface area (Å²) in [5.41, 5.74) is 3.56.